The first kappa shape index (κ1) is 15.4. The molecular weight excluding hydrogens is 298 g/mol. The van der Waals surface area contributed by atoms with Gasteiger partial charge in [0.25, 0.3) is 0 Å². The van der Waals surface area contributed by atoms with Gasteiger partial charge >= 0.3 is 5.92 Å². The standard InChI is InChI=1S/C16H13ClF2O2/c1-11(20)12-7-8-15(14(17)9-12)21-10-16(18,19)13-5-3-2-4-6-13/h2-9H,10H2,1H3. The van der Waals surface area contributed by atoms with Crippen LogP contribution in [0.1, 0.15) is 22.8 Å². The smallest absolute Gasteiger partial charge is 0.306 e. The van der Waals surface area contributed by atoms with Crippen LogP contribution in [0.25, 0.3) is 0 Å². The van der Waals surface area contributed by atoms with Crippen molar-refractivity contribution in [2.75, 3.05) is 6.61 Å². The van der Waals surface area contributed by atoms with Gasteiger partial charge in [0.1, 0.15) is 5.75 Å². The van der Waals surface area contributed by atoms with Crippen molar-refractivity contribution in [3.63, 3.8) is 0 Å². The fourth-order valence-corrected chi connectivity index (χ4v) is 2.01. The van der Waals surface area contributed by atoms with E-state index in [9.17, 15) is 13.6 Å². The van der Waals surface area contributed by atoms with E-state index in [-0.39, 0.29) is 22.1 Å². The molecule has 0 unspecified atom stereocenters. The van der Waals surface area contributed by atoms with Gasteiger partial charge in [-0.05, 0) is 25.1 Å². The Labute approximate surface area is 126 Å². The van der Waals surface area contributed by atoms with E-state index in [0.29, 0.717) is 5.56 Å². The summed E-state index contributed by atoms with van der Waals surface area (Å²) < 4.78 is 33.0. The lowest BCUT2D eigenvalue weighted by molar-refractivity contribution is -0.0466. The summed E-state index contributed by atoms with van der Waals surface area (Å²) >= 11 is 5.93. The molecule has 2 aromatic carbocycles. The van der Waals surface area contributed by atoms with E-state index in [1.54, 1.807) is 6.07 Å². The number of carbonyl (C=O) groups is 1. The Hall–Kier alpha value is -1.94. The van der Waals surface area contributed by atoms with E-state index in [2.05, 4.69) is 0 Å². The first-order chi connectivity index (χ1) is 9.90. The lowest BCUT2D eigenvalue weighted by atomic mass is 10.1. The van der Waals surface area contributed by atoms with Crippen LogP contribution in [-0.2, 0) is 5.92 Å². The molecular formula is C16H13ClF2O2. The summed E-state index contributed by atoms with van der Waals surface area (Å²) in [6.07, 6.45) is 0. The van der Waals surface area contributed by atoms with Gasteiger partial charge in [0.15, 0.2) is 12.4 Å². The third-order valence-corrected chi connectivity index (χ3v) is 3.24. The highest BCUT2D eigenvalue weighted by Crippen LogP contribution is 2.31. The molecule has 0 spiro atoms. The molecule has 5 heteroatoms. The summed E-state index contributed by atoms with van der Waals surface area (Å²) in [7, 11) is 0. The molecule has 0 saturated heterocycles. The van der Waals surface area contributed by atoms with Gasteiger partial charge < -0.3 is 4.74 Å². The molecule has 21 heavy (non-hydrogen) atoms. The van der Waals surface area contributed by atoms with E-state index in [1.165, 1.54) is 49.4 Å². The Kier molecular flexibility index (Phi) is 4.58. The van der Waals surface area contributed by atoms with Crippen LogP contribution in [0.15, 0.2) is 48.5 Å². The minimum Gasteiger partial charge on any atom is -0.485 e. The molecule has 0 bridgehead atoms. The van der Waals surface area contributed by atoms with Gasteiger partial charge in [-0.3, -0.25) is 4.79 Å². The van der Waals surface area contributed by atoms with E-state index < -0.39 is 12.5 Å². The highest BCUT2D eigenvalue weighted by molar-refractivity contribution is 6.32. The van der Waals surface area contributed by atoms with Gasteiger partial charge in [-0.1, -0.05) is 41.9 Å². The minimum absolute atomic E-state index is 0.122. The Bertz CT molecular complexity index is 642. The fraction of sp³-hybridized carbons (Fsp3) is 0.188. The van der Waals surface area contributed by atoms with Crippen molar-refractivity contribution in [1.29, 1.82) is 0 Å². The zero-order valence-corrected chi connectivity index (χ0v) is 12.0. The predicted octanol–water partition coefficient (Wildman–Crippen LogP) is 4.71. The summed E-state index contributed by atoms with van der Waals surface area (Å²) in [6, 6.07) is 11.7. The number of hydrogen-bond donors (Lipinski definition) is 0. The normalized spacial score (nSPS) is 11.2. The maximum absolute atomic E-state index is 14.0. The number of carbonyl (C=O) groups excluding carboxylic acids is 1. The Morgan fingerprint density at radius 2 is 1.86 bits per heavy atom. The van der Waals surface area contributed by atoms with E-state index >= 15 is 0 Å². The average molecular weight is 311 g/mol. The maximum atomic E-state index is 14.0. The minimum atomic E-state index is -3.12. The highest BCUT2D eigenvalue weighted by atomic mass is 35.5. The molecule has 0 aliphatic heterocycles. The number of alkyl halides is 2. The maximum Gasteiger partial charge on any atom is 0.306 e. The van der Waals surface area contributed by atoms with Crippen molar-refractivity contribution < 1.29 is 18.3 Å². The lowest BCUT2D eigenvalue weighted by Gasteiger charge is -2.18. The second-order valence-electron chi connectivity index (χ2n) is 4.56. The van der Waals surface area contributed by atoms with Gasteiger partial charge in [0.05, 0.1) is 5.02 Å². The molecule has 110 valence electrons. The first-order valence-electron chi connectivity index (χ1n) is 6.27. The summed E-state index contributed by atoms with van der Waals surface area (Å²) in [4.78, 5) is 11.2. The largest absolute Gasteiger partial charge is 0.485 e. The highest BCUT2D eigenvalue weighted by Gasteiger charge is 2.32. The summed E-state index contributed by atoms with van der Waals surface area (Å²) in [5.41, 5.74) is 0.281. The molecule has 0 heterocycles. The number of benzene rings is 2. The summed E-state index contributed by atoms with van der Waals surface area (Å²) in [5, 5.41) is 0.131. The summed E-state index contributed by atoms with van der Waals surface area (Å²) in [5.74, 6) is -3.15. The molecule has 2 rings (SSSR count). The van der Waals surface area contributed by atoms with Crippen molar-refractivity contribution in [2.45, 2.75) is 12.8 Å². The molecule has 0 aromatic heterocycles. The summed E-state index contributed by atoms with van der Waals surface area (Å²) in [6.45, 7) is 0.575. The van der Waals surface area contributed by atoms with Crippen LogP contribution in [-0.4, -0.2) is 12.4 Å². The number of halogens is 3. The molecule has 2 aromatic rings. The molecule has 0 aliphatic carbocycles. The average Bonchev–Trinajstić information content (AvgIpc) is 2.46. The zero-order chi connectivity index (χ0) is 15.5. The van der Waals surface area contributed by atoms with E-state index in [4.69, 9.17) is 16.3 Å². The molecule has 0 aliphatic rings. The number of rotatable bonds is 5. The van der Waals surface area contributed by atoms with E-state index in [0.717, 1.165) is 0 Å². The second-order valence-corrected chi connectivity index (χ2v) is 4.97. The second kappa shape index (κ2) is 6.22. The van der Waals surface area contributed by atoms with Crippen LogP contribution in [0.2, 0.25) is 5.02 Å². The topological polar surface area (TPSA) is 26.3 Å². The number of Topliss-reactive ketones (excluding diaryl/α,β-unsaturated/α-hetero) is 1. The van der Waals surface area contributed by atoms with Crippen LogP contribution >= 0.6 is 11.6 Å². The molecule has 2 nitrogen and oxygen atoms in total. The number of ketones is 1. The Morgan fingerprint density at radius 3 is 2.43 bits per heavy atom. The SMILES string of the molecule is CC(=O)c1ccc(OCC(F)(F)c2ccccc2)c(Cl)c1. The Morgan fingerprint density at radius 1 is 1.19 bits per heavy atom. The van der Waals surface area contributed by atoms with Crippen LogP contribution in [0.4, 0.5) is 8.78 Å². The van der Waals surface area contributed by atoms with Gasteiger partial charge in [-0.2, -0.15) is 8.78 Å². The molecule has 0 amide bonds. The lowest BCUT2D eigenvalue weighted by Crippen LogP contribution is -2.23. The molecule has 0 atom stereocenters. The molecule has 0 radical (unpaired) electrons. The van der Waals surface area contributed by atoms with Crippen LogP contribution in [0, 0.1) is 0 Å². The molecule has 0 N–H and O–H groups in total. The number of ether oxygens (including phenoxy) is 1. The zero-order valence-electron chi connectivity index (χ0n) is 11.3. The van der Waals surface area contributed by atoms with Crippen LogP contribution in [0.3, 0.4) is 0 Å². The van der Waals surface area contributed by atoms with Crippen LogP contribution in [0.5, 0.6) is 5.75 Å². The van der Waals surface area contributed by atoms with Crippen molar-refractivity contribution in [3.8, 4) is 5.75 Å². The fourth-order valence-electron chi connectivity index (χ4n) is 1.77. The predicted molar refractivity (Wildman–Crippen MR) is 77.3 cm³/mol. The quantitative estimate of drug-likeness (QED) is 0.747. The van der Waals surface area contributed by atoms with Crippen molar-refractivity contribution >= 4 is 17.4 Å². The Balaban J connectivity index is 2.11. The van der Waals surface area contributed by atoms with Crippen molar-refractivity contribution in [2.24, 2.45) is 0 Å². The van der Waals surface area contributed by atoms with Gasteiger partial charge in [0.2, 0.25) is 0 Å². The van der Waals surface area contributed by atoms with E-state index in [1.807, 2.05) is 0 Å². The number of hydrogen-bond acceptors (Lipinski definition) is 2. The third kappa shape index (κ3) is 3.79. The van der Waals surface area contributed by atoms with Crippen molar-refractivity contribution in [3.05, 3.63) is 64.7 Å². The molecule has 0 fully saturated rings. The molecule has 0 saturated carbocycles. The van der Waals surface area contributed by atoms with Gasteiger partial charge in [-0.15, -0.1) is 0 Å². The van der Waals surface area contributed by atoms with Gasteiger partial charge in [0, 0.05) is 11.1 Å². The van der Waals surface area contributed by atoms with Crippen LogP contribution < -0.4 is 4.74 Å². The van der Waals surface area contributed by atoms with Crippen molar-refractivity contribution in [1.82, 2.24) is 0 Å². The monoisotopic (exact) mass is 310 g/mol. The third-order valence-electron chi connectivity index (χ3n) is 2.94. The first-order valence-corrected chi connectivity index (χ1v) is 6.64. The van der Waals surface area contributed by atoms with Gasteiger partial charge in [-0.25, -0.2) is 0 Å².